The molecule has 0 unspecified atom stereocenters. The minimum Gasteiger partial charge on any atom is -0.359 e. The molecule has 0 aromatic carbocycles. The second-order valence-electron chi connectivity index (χ2n) is 3.69. The van der Waals surface area contributed by atoms with Crippen molar-refractivity contribution in [1.29, 1.82) is 0 Å². The van der Waals surface area contributed by atoms with Gasteiger partial charge in [-0.25, -0.2) is 4.98 Å². The molecule has 0 spiro atoms. The summed E-state index contributed by atoms with van der Waals surface area (Å²) in [6, 6.07) is -1.40. The summed E-state index contributed by atoms with van der Waals surface area (Å²) < 4.78 is 74.9. The van der Waals surface area contributed by atoms with Gasteiger partial charge in [0.25, 0.3) is 0 Å². The van der Waals surface area contributed by atoms with Crippen molar-refractivity contribution >= 4 is 21.7 Å². The first-order chi connectivity index (χ1) is 8.55. The Morgan fingerprint density at radius 1 is 1.26 bits per heavy atom. The second-order valence-corrected chi connectivity index (χ2v) is 4.55. The number of alkyl halides is 6. The minimum atomic E-state index is -4.67. The Hall–Kier alpha value is -0.990. The van der Waals surface area contributed by atoms with E-state index in [-0.39, 0.29) is 10.9 Å². The van der Waals surface area contributed by atoms with Gasteiger partial charge in [-0.3, -0.25) is 0 Å². The van der Waals surface area contributed by atoms with Gasteiger partial charge in [-0.15, -0.1) is 0 Å². The highest BCUT2D eigenvalue weighted by Gasteiger charge is 2.39. The van der Waals surface area contributed by atoms with Gasteiger partial charge in [0, 0.05) is 10.7 Å². The molecule has 1 aromatic rings. The molecule has 0 saturated carbocycles. The van der Waals surface area contributed by atoms with E-state index in [1.54, 1.807) is 0 Å². The van der Waals surface area contributed by atoms with Crippen LogP contribution in [0.2, 0.25) is 0 Å². The molecule has 1 heterocycles. The predicted octanol–water partition coefficient (Wildman–Crippen LogP) is 4.62. The molecular formula is C10H9BrF6N2. The van der Waals surface area contributed by atoms with E-state index in [4.69, 9.17) is 0 Å². The summed E-state index contributed by atoms with van der Waals surface area (Å²) in [7, 11) is 0. The Morgan fingerprint density at radius 3 is 2.26 bits per heavy atom. The number of anilines is 1. The topological polar surface area (TPSA) is 24.9 Å². The van der Waals surface area contributed by atoms with Gasteiger partial charge in [-0.2, -0.15) is 26.3 Å². The molecule has 2 nitrogen and oxygen atoms in total. The molecule has 0 radical (unpaired) electrons. The van der Waals surface area contributed by atoms with Crippen LogP contribution in [0.3, 0.4) is 0 Å². The normalized spacial score (nSPS) is 14.3. The Labute approximate surface area is 113 Å². The number of rotatable bonds is 3. The maximum absolute atomic E-state index is 12.6. The van der Waals surface area contributed by atoms with E-state index in [0.717, 1.165) is 6.20 Å². The number of nitrogens with one attached hydrogen (secondary N) is 1. The zero-order chi connectivity index (χ0) is 14.8. The number of pyridine rings is 1. The van der Waals surface area contributed by atoms with Crippen molar-refractivity contribution in [3.05, 3.63) is 22.3 Å². The molecule has 0 aliphatic heterocycles. The van der Waals surface area contributed by atoms with Gasteiger partial charge in [0.05, 0.1) is 5.56 Å². The molecule has 0 aliphatic rings. The third-order valence-corrected chi connectivity index (χ3v) is 2.92. The first-order valence-corrected chi connectivity index (χ1v) is 5.91. The SMILES string of the molecule is CC[C@H](Nc1cc(C(F)(F)F)c(Br)cn1)C(F)(F)F. The maximum atomic E-state index is 12.6. The van der Waals surface area contributed by atoms with E-state index in [1.165, 1.54) is 6.92 Å². The first kappa shape index (κ1) is 16.1. The number of hydrogen-bond donors (Lipinski definition) is 1. The van der Waals surface area contributed by atoms with Crippen molar-refractivity contribution in [3.8, 4) is 0 Å². The van der Waals surface area contributed by atoms with Crippen LogP contribution in [0, 0.1) is 0 Å². The van der Waals surface area contributed by atoms with Gasteiger partial charge >= 0.3 is 12.4 Å². The second kappa shape index (κ2) is 5.56. The molecule has 0 aliphatic carbocycles. The lowest BCUT2D eigenvalue weighted by Crippen LogP contribution is -2.35. The van der Waals surface area contributed by atoms with Crippen LogP contribution in [0.5, 0.6) is 0 Å². The number of aromatic nitrogens is 1. The van der Waals surface area contributed by atoms with E-state index in [2.05, 4.69) is 20.9 Å². The molecule has 1 atom stereocenters. The Kier molecular flexibility index (Phi) is 4.70. The summed E-state index contributed by atoms with van der Waals surface area (Å²) in [4.78, 5) is 3.50. The summed E-state index contributed by atoms with van der Waals surface area (Å²) in [5.41, 5.74) is -1.08. The van der Waals surface area contributed by atoms with Crippen molar-refractivity contribution < 1.29 is 26.3 Å². The summed E-state index contributed by atoms with van der Waals surface area (Å²) in [5, 5.41) is 1.95. The van der Waals surface area contributed by atoms with Crippen LogP contribution in [-0.4, -0.2) is 17.2 Å². The zero-order valence-electron chi connectivity index (χ0n) is 9.53. The van der Waals surface area contributed by atoms with E-state index in [0.29, 0.717) is 6.07 Å². The largest absolute Gasteiger partial charge is 0.417 e. The Morgan fingerprint density at radius 2 is 1.84 bits per heavy atom. The molecule has 9 heteroatoms. The average Bonchev–Trinajstić information content (AvgIpc) is 2.24. The zero-order valence-corrected chi connectivity index (χ0v) is 11.1. The molecule has 1 aromatic heterocycles. The summed E-state index contributed by atoms with van der Waals surface area (Å²) >= 11 is 2.66. The van der Waals surface area contributed by atoms with Gasteiger partial charge in [0.15, 0.2) is 0 Å². The Bertz CT molecular complexity index is 443. The molecule has 0 saturated heterocycles. The molecule has 0 fully saturated rings. The number of hydrogen-bond acceptors (Lipinski definition) is 2. The highest BCUT2D eigenvalue weighted by atomic mass is 79.9. The maximum Gasteiger partial charge on any atom is 0.417 e. The molecule has 108 valence electrons. The third kappa shape index (κ3) is 4.26. The van der Waals surface area contributed by atoms with Crippen molar-refractivity contribution in [2.45, 2.75) is 31.7 Å². The highest BCUT2D eigenvalue weighted by molar-refractivity contribution is 9.10. The fourth-order valence-corrected chi connectivity index (χ4v) is 1.77. The van der Waals surface area contributed by atoms with Crippen molar-refractivity contribution in [2.24, 2.45) is 0 Å². The van der Waals surface area contributed by atoms with Gasteiger partial charge in [-0.05, 0) is 28.4 Å². The van der Waals surface area contributed by atoms with Crippen molar-refractivity contribution in [3.63, 3.8) is 0 Å². The Balaban J connectivity index is 3.04. The fourth-order valence-electron chi connectivity index (χ4n) is 1.33. The van der Waals surface area contributed by atoms with Crippen molar-refractivity contribution in [1.82, 2.24) is 4.98 Å². The average molecular weight is 351 g/mol. The lowest BCUT2D eigenvalue weighted by atomic mass is 10.2. The van der Waals surface area contributed by atoms with Gasteiger partial charge in [0.2, 0.25) is 0 Å². The molecule has 19 heavy (non-hydrogen) atoms. The van der Waals surface area contributed by atoms with Crippen LogP contribution in [-0.2, 0) is 6.18 Å². The van der Waals surface area contributed by atoms with E-state index >= 15 is 0 Å². The van der Waals surface area contributed by atoms with Crippen LogP contribution in [0.1, 0.15) is 18.9 Å². The van der Waals surface area contributed by atoms with Gasteiger partial charge < -0.3 is 5.32 Å². The fraction of sp³-hybridized carbons (Fsp3) is 0.500. The van der Waals surface area contributed by atoms with Gasteiger partial charge in [0.1, 0.15) is 11.9 Å². The highest BCUT2D eigenvalue weighted by Crippen LogP contribution is 2.36. The van der Waals surface area contributed by atoms with Crippen LogP contribution in [0.25, 0.3) is 0 Å². The lowest BCUT2D eigenvalue weighted by molar-refractivity contribution is -0.142. The summed E-state index contributed by atoms with van der Waals surface area (Å²) in [6.45, 7) is 1.27. The summed E-state index contributed by atoms with van der Waals surface area (Å²) in [5.74, 6) is -0.472. The number of halogens is 7. The van der Waals surface area contributed by atoms with Crippen LogP contribution >= 0.6 is 15.9 Å². The van der Waals surface area contributed by atoms with Crippen LogP contribution < -0.4 is 5.32 Å². The van der Waals surface area contributed by atoms with Crippen LogP contribution in [0.4, 0.5) is 32.2 Å². The lowest BCUT2D eigenvalue weighted by Gasteiger charge is -2.21. The molecule has 0 bridgehead atoms. The monoisotopic (exact) mass is 350 g/mol. The summed E-state index contributed by atoms with van der Waals surface area (Å²) in [6.07, 6.45) is -8.73. The third-order valence-electron chi connectivity index (χ3n) is 2.29. The standard InChI is InChI=1S/C10H9BrF6N2/c1-2-7(10(15,16)17)19-8-3-5(9(12,13)14)6(11)4-18-8/h3-4,7H,2H2,1H3,(H,18,19)/t7-/m0/s1. The van der Waals surface area contributed by atoms with Crippen LogP contribution in [0.15, 0.2) is 16.7 Å². The van der Waals surface area contributed by atoms with E-state index in [1.807, 2.05) is 5.32 Å². The first-order valence-electron chi connectivity index (χ1n) is 5.11. The molecule has 0 amide bonds. The quantitative estimate of drug-likeness (QED) is 0.805. The van der Waals surface area contributed by atoms with E-state index < -0.39 is 29.8 Å². The number of nitrogens with zero attached hydrogens (tertiary/aromatic N) is 1. The predicted molar refractivity (Wildman–Crippen MR) is 60.7 cm³/mol. The van der Waals surface area contributed by atoms with E-state index in [9.17, 15) is 26.3 Å². The molecule has 1 rings (SSSR count). The minimum absolute atomic E-state index is 0.317. The smallest absolute Gasteiger partial charge is 0.359 e. The molecular weight excluding hydrogens is 342 g/mol. The molecule has 1 N–H and O–H groups in total. The van der Waals surface area contributed by atoms with Crippen molar-refractivity contribution in [2.75, 3.05) is 5.32 Å². The van der Waals surface area contributed by atoms with Gasteiger partial charge in [-0.1, -0.05) is 6.92 Å².